The predicted octanol–water partition coefficient (Wildman–Crippen LogP) is 4.37. The molecule has 0 heterocycles. The van der Waals surface area contributed by atoms with Crippen LogP contribution >= 0.6 is 22.6 Å². The Morgan fingerprint density at radius 1 is 0.636 bits per heavy atom. The lowest BCUT2D eigenvalue weighted by Crippen LogP contribution is -2.70. The first-order chi connectivity index (χ1) is 9.19. The van der Waals surface area contributed by atoms with Crippen molar-refractivity contribution in [2.45, 2.75) is 32.9 Å². The monoisotopic (exact) mass is 492 g/mol. The molecule has 0 fully saturated rings. The number of hydrogen-bond donors (Lipinski definition) is 1. The smallest absolute Gasteiger partial charge is 0.301 e. The average molecular weight is 492 g/mol. The second-order valence-corrected chi connectivity index (χ2v) is 5.93. The van der Waals surface area contributed by atoms with Crippen LogP contribution in [0, 0.1) is 0 Å². The van der Waals surface area contributed by atoms with E-state index in [0.29, 0.717) is 0 Å². The van der Waals surface area contributed by atoms with Crippen molar-refractivity contribution in [2.75, 3.05) is 0 Å². The highest BCUT2D eigenvalue weighted by atomic mass is 127. The molecule has 0 saturated heterocycles. The summed E-state index contributed by atoms with van der Waals surface area (Å²) in [6, 6.07) is 0. The van der Waals surface area contributed by atoms with Gasteiger partial charge < -0.3 is 4.55 Å². The molecule has 0 aliphatic rings. The van der Waals surface area contributed by atoms with Crippen LogP contribution in [0.15, 0.2) is 0 Å². The molecule has 0 aromatic carbocycles. The summed E-state index contributed by atoms with van der Waals surface area (Å²) >= 11 is -6.00. The van der Waals surface area contributed by atoms with E-state index in [1.807, 2.05) is 0 Å². The molecule has 0 aliphatic carbocycles. The summed E-state index contributed by atoms with van der Waals surface area (Å²) in [4.78, 5) is 0. The maximum atomic E-state index is 12.8. The lowest BCUT2D eigenvalue weighted by Gasteiger charge is -2.39. The molecule has 1 unspecified atom stereocenters. The Balaban J connectivity index is 6.29. The van der Waals surface area contributed by atoms with Gasteiger partial charge in [-0.05, 0) is 0 Å². The molecule has 2 nitrogen and oxygen atoms in total. The maximum Gasteiger partial charge on any atom is 0.413 e. The van der Waals surface area contributed by atoms with E-state index in [0.717, 1.165) is 0 Å². The molecular formula is C6HF12IO2S. The average Bonchev–Trinajstić information content (AvgIpc) is 2.25. The van der Waals surface area contributed by atoms with Crippen LogP contribution in [0.1, 0.15) is 0 Å². The van der Waals surface area contributed by atoms with Crippen LogP contribution < -0.4 is 0 Å². The third-order valence-electron chi connectivity index (χ3n) is 2.12. The van der Waals surface area contributed by atoms with Gasteiger partial charge in [0.05, 0.1) is 0 Å². The van der Waals surface area contributed by atoms with Gasteiger partial charge in [0.15, 0.2) is 0 Å². The molecule has 0 radical (unpaired) electrons. The highest BCUT2D eigenvalue weighted by molar-refractivity contribution is 14.1. The summed E-state index contributed by atoms with van der Waals surface area (Å²) < 4.78 is 163. The Hall–Kier alpha value is -0.000000000000000222. The molecule has 0 spiro atoms. The third kappa shape index (κ3) is 2.78. The summed E-state index contributed by atoms with van der Waals surface area (Å²) in [5.41, 5.74) is 0. The topological polar surface area (TPSA) is 37.3 Å². The van der Waals surface area contributed by atoms with Crippen molar-refractivity contribution in [1.82, 2.24) is 0 Å². The van der Waals surface area contributed by atoms with Crippen LogP contribution in [-0.4, -0.2) is 41.6 Å². The lowest BCUT2D eigenvalue weighted by molar-refractivity contribution is -0.404. The highest BCUT2D eigenvalue weighted by Gasteiger charge is 2.90. The fourth-order valence-electron chi connectivity index (χ4n) is 0.865. The normalized spacial score (nSPS) is 17.5. The Morgan fingerprint density at radius 3 is 1.14 bits per heavy atom. The first-order valence-corrected chi connectivity index (χ1v) is 6.45. The Labute approximate surface area is 128 Å². The van der Waals surface area contributed by atoms with Crippen molar-refractivity contribution < 1.29 is 61.4 Å². The molecule has 16 heteroatoms. The summed E-state index contributed by atoms with van der Waals surface area (Å²) in [5.74, 6) is -30.3. The van der Waals surface area contributed by atoms with Crippen LogP contribution in [0.4, 0.5) is 52.7 Å². The molecule has 22 heavy (non-hydrogen) atoms. The molecule has 1 atom stereocenters. The van der Waals surface area contributed by atoms with Crippen molar-refractivity contribution in [3.05, 3.63) is 0 Å². The number of rotatable bonds is 6. The molecule has 0 aliphatic heterocycles. The Morgan fingerprint density at radius 2 is 0.909 bits per heavy atom. The van der Waals surface area contributed by atoms with E-state index in [9.17, 15) is 56.9 Å². The fourth-order valence-corrected chi connectivity index (χ4v) is 1.55. The summed E-state index contributed by atoms with van der Waals surface area (Å²) in [5, 5.41) is -6.84. The van der Waals surface area contributed by atoms with Crippen LogP contribution in [0.2, 0.25) is 0 Å². The van der Waals surface area contributed by atoms with Crippen molar-refractivity contribution in [3.63, 3.8) is 0 Å². The zero-order chi connectivity index (χ0) is 18.6. The van der Waals surface area contributed by atoms with Crippen LogP contribution in [0.3, 0.4) is 0 Å². The molecule has 0 saturated carbocycles. The zero-order valence-electron chi connectivity index (χ0n) is 9.18. The van der Waals surface area contributed by atoms with E-state index in [4.69, 9.17) is 4.55 Å². The maximum absolute atomic E-state index is 12.8. The molecule has 0 rings (SSSR count). The highest BCUT2D eigenvalue weighted by Crippen LogP contribution is 2.61. The van der Waals surface area contributed by atoms with Crippen LogP contribution in [-0.2, 0) is 11.1 Å². The van der Waals surface area contributed by atoms with Gasteiger partial charge in [0.25, 0.3) is 0 Å². The number of halogens is 13. The minimum Gasteiger partial charge on any atom is -0.301 e. The predicted molar refractivity (Wildman–Crippen MR) is 54.5 cm³/mol. The van der Waals surface area contributed by atoms with Gasteiger partial charge in [0, 0.05) is 22.6 Å². The second kappa shape index (κ2) is 5.52. The number of alkyl halides is 13. The zero-order valence-corrected chi connectivity index (χ0v) is 12.2. The largest absolute Gasteiger partial charge is 0.413 e. The molecular weight excluding hydrogens is 491 g/mol. The van der Waals surface area contributed by atoms with E-state index >= 15 is 0 Å². The van der Waals surface area contributed by atoms with Gasteiger partial charge in [-0.2, -0.15) is 52.7 Å². The van der Waals surface area contributed by atoms with Crippen molar-refractivity contribution >= 4 is 33.7 Å². The molecule has 0 aromatic rings. The second-order valence-electron chi connectivity index (χ2n) is 3.56. The van der Waals surface area contributed by atoms with Gasteiger partial charge in [-0.3, -0.25) is 0 Å². The van der Waals surface area contributed by atoms with Crippen LogP contribution in [0.5, 0.6) is 0 Å². The summed E-state index contributed by atoms with van der Waals surface area (Å²) in [6.07, 6.45) is 0. The third-order valence-corrected chi connectivity index (χ3v) is 3.50. The van der Waals surface area contributed by atoms with Gasteiger partial charge in [-0.25, -0.2) is 4.21 Å². The molecule has 1 N–H and O–H groups in total. The van der Waals surface area contributed by atoms with Crippen LogP contribution in [0.25, 0.3) is 0 Å². The minimum atomic E-state index is -7.81. The molecule has 0 bridgehead atoms. The van der Waals surface area contributed by atoms with E-state index in [-0.39, 0.29) is 0 Å². The van der Waals surface area contributed by atoms with E-state index < -0.39 is 66.5 Å². The molecule has 0 aromatic heterocycles. The molecule has 134 valence electrons. The van der Waals surface area contributed by atoms with Gasteiger partial charge in [0.2, 0.25) is 11.1 Å². The summed E-state index contributed by atoms with van der Waals surface area (Å²) in [7, 11) is 0. The first-order valence-electron chi connectivity index (χ1n) is 4.26. The van der Waals surface area contributed by atoms with E-state index in [1.54, 1.807) is 0 Å². The Bertz CT molecular complexity index is 457. The van der Waals surface area contributed by atoms with E-state index in [1.165, 1.54) is 0 Å². The fraction of sp³-hybridized carbons (Fsp3) is 1.00. The van der Waals surface area contributed by atoms with Gasteiger partial charge >= 0.3 is 32.9 Å². The van der Waals surface area contributed by atoms with Crippen molar-refractivity contribution in [2.24, 2.45) is 0 Å². The van der Waals surface area contributed by atoms with Gasteiger partial charge in [-0.1, -0.05) is 0 Å². The Kier molecular flexibility index (Phi) is 5.52. The summed E-state index contributed by atoms with van der Waals surface area (Å²) in [6.45, 7) is 0. The molecule has 0 amide bonds. The standard InChI is InChI=1S/C6HF12IO2S/c7-1(8,3(11,12)5(15,16)19)2(9,10)4(13,14)6(17,18)22(20)21/h(H,20,21). The lowest BCUT2D eigenvalue weighted by atomic mass is 9.99. The number of hydrogen-bond acceptors (Lipinski definition) is 1. The minimum absolute atomic E-state index is 0.791. The SMILES string of the molecule is O=S(O)C(F)(F)C(F)(F)C(F)(F)C(F)(F)C(F)(F)C(F)(F)I. The van der Waals surface area contributed by atoms with Crippen molar-refractivity contribution in [3.8, 4) is 0 Å². The van der Waals surface area contributed by atoms with Gasteiger partial charge in [-0.15, -0.1) is 0 Å². The van der Waals surface area contributed by atoms with Crippen molar-refractivity contribution in [1.29, 1.82) is 0 Å². The van der Waals surface area contributed by atoms with E-state index in [2.05, 4.69) is 0 Å². The first kappa shape index (κ1) is 22.0. The van der Waals surface area contributed by atoms with Gasteiger partial charge in [0.1, 0.15) is 0 Å². The quantitative estimate of drug-likeness (QED) is 0.259.